The number of amides is 4. The first-order valence-corrected chi connectivity index (χ1v) is 15.6. The molecule has 0 aliphatic carbocycles. The maximum Gasteiger partial charge on any atom is 0.247 e. The first-order chi connectivity index (χ1) is 20.8. The van der Waals surface area contributed by atoms with Gasteiger partial charge in [-0.3, -0.25) is 19.2 Å². The van der Waals surface area contributed by atoms with E-state index in [0.29, 0.717) is 19.0 Å². The summed E-state index contributed by atoms with van der Waals surface area (Å²) in [5.74, 6) is -2.13. The van der Waals surface area contributed by atoms with Crippen LogP contribution in [0.25, 0.3) is 0 Å². The van der Waals surface area contributed by atoms with Gasteiger partial charge in [-0.15, -0.1) is 0 Å². The molecule has 0 spiro atoms. The van der Waals surface area contributed by atoms with Gasteiger partial charge in [0.15, 0.2) is 5.82 Å². The predicted octanol–water partition coefficient (Wildman–Crippen LogP) is 4.53. The van der Waals surface area contributed by atoms with E-state index in [1.54, 1.807) is 0 Å². The van der Waals surface area contributed by atoms with E-state index in [4.69, 9.17) is 28.9 Å². The van der Waals surface area contributed by atoms with E-state index >= 15 is 0 Å². The molecule has 1 saturated heterocycles. The number of rotatable bonds is 9. The van der Waals surface area contributed by atoms with Crippen LogP contribution in [-0.4, -0.2) is 65.1 Å². The third-order valence-electron chi connectivity index (χ3n) is 8.57. The fourth-order valence-electron chi connectivity index (χ4n) is 5.77. The fraction of sp³-hybridized carbons (Fsp3) is 0.500. The van der Waals surface area contributed by atoms with E-state index in [1.165, 1.54) is 17.0 Å². The minimum atomic E-state index is -1.11. The summed E-state index contributed by atoms with van der Waals surface area (Å²) < 4.78 is 14.6. The van der Waals surface area contributed by atoms with Crippen molar-refractivity contribution in [1.29, 1.82) is 0 Å². The minimum Gasteiger partial charge on any atom is -0.342 e. The second-order valence-electron chi connectivity index (χ2n) is 12.6. The SMILES string of the molecule is CC(C)(C)C1CCN(C(=O)CCC(=O)N2Cc3ccccc3C[C@H]2C(=O)N[C@@H](CCN)C(=O)Nc2ccc(Cl)c(Cl)c2F)C1. The number of carbonyl (C=O) groups excluding carboxylic acids is 4. The number of hydrogen-bond donors (Lipinski definition) is 3. The summed E-state index contributed by atoms with van der Waals surface area (Å²) in [5, 5.41) is 4.81. The van der Waals surface area contributed by atoms with Crippen molar-refractivity contribution in [2.24, 2.45) is 17.1 Å². The zero-order valence-electron chi connectivity index (χ0n) is 25.3. The molecule has 9 nitrogen and oxygen atoms in total. The lowest BCUT2D eigenvalue weighted by Crippen LogP contribution is -2.56. The average Bonchev–Trinajstić information content (AvgIpc) is 3.50. The molecule has 2 aliphatic heterocycles. The maximum atomic E-state index is 14.6. The molecule has 4 rings (SSSR count). The molecule has 2 aromatic rings. The normalized spacial score (nSPS) is 18.9. The topological polar surface area (TPSA) is 125 Å². The Hall–Kier alpha value is -3.21. The van der Waals surface area contributed by atoms with Crippen LogP contribution in [0.3, 0.4) is 0 Å². The second kappa shape index (κ2) is 14.3. The van der Waals surface area contributed by atoms with E-state index in [0.717, 1.165) is 17.5 Å². The maximum absolute atomic E-state index is 14.6. The number of likely N-dealkylation sites (tertiary alicyclic amines) is 1. The molecule has 4 amide bonds. The quantitative estimate of drug-likeness (QED) is 0.345. The fourth-order valence-corrected chi connectivity index (χ4v) is 6.08. The van der Waals surface area contributed by atoms with Crippen molar-refractivity contribution in [3.63, 3.8) is 0 Å². The Morgan fingerprint density at radius 2 is 1.73 bits per heavy atom. The Labute approximate surface area is 267 Å². The highest BCUT2D eigenvalue weighted by Crippen LogP contribution is 2.34. The molecule has 2 heterocycles. The highest BCUT2D eigenvalue weighted by atomic mass is 35.5. The van der Waals surface area contributed by atoms with Crippen LogP contribution < -0.4 is 16.4 Å². The number of nitrogens with one attached hydrogen (secondary N) is 2. The smallest absolute Gasteiger partial charge is 0.247 e. The molecule has 2 aromatic carbocycles. The zero-order valence-corrected chi connectivity index (χ0v) is 26.8. The standard InChI is InChI=1S/C32H40Cl2FN5O4/c1-32(2,3)21-13-15-39(18-21)26(41)10-11-27(42)40-17-20-7-5-4-6-19(20)16-25(40)31(44)38-24(12-14-36)30(43)37-23-9-8-22(33)28(34)29(23)35/h4-9,21,24-25H,10-18,36H2,1-3H3,(H,37,43)(H,38,44)/t21?,24-,25-/m0/s1. The molecule has 12 heteroatoms. The molecule has 1 unspecified atom stereocenters. The third kappa shape index (κ3) is 7.89. The van der Waals surface area contributed by atoms with E-state index < -0.39 is 29.7 Å². The van der Waals surface area contributed by atoms with Crippen LogP contribution in [0.1, 0.15) is 57.6 Å². The minimum absolute atomic E-state index is 0.00690. The van der Waals surface area contributed by atoms with Gasteiger partial charge in [0, 0.05) is 38.9 Å². The van der Waals surface area contributed by atoms with Gasteiger partial charge >= 0.3 is 0 Å². The van der Waals surface area contributed by atoms with Gasteiger partial charge < -0.3 is 26.2 Å². The molecule has 0 saturated carbocycles. The Morgan fingerprint density at radius 3 is 2.39 bits per heavy atom. The number of hydrogen-bond acceptors (Lipinski definition) is 5. The van der Waals surface area contributed by atoms with Gasteiger partial charge in [0.25, 0.3) is 0 Å². The summed E-state index contributed by atoms with van der Waals surface area (Å²) in [5.41, 5.74) is 7.46. The molecule has 0 bridgehead atoms. The highest BCUT2D eigenvalue weighted by Gasteiger charge is 2.37. The number of nitrogens with zero attached hydrogens (tertiary/aromatic N) is 2. The van der Waals surface area contributed by atoms with Crippen LogP contribution in [0.15, 0.2) is 36.4 Å². The zero-order chi connectivity index (χ0) is 32.2. The molecule has 2 aliphatic rings. The monoisotopic (exact) mass is 647 g/mol. The van der Waals surface area contributed by atoms with Crippen LogP contribution >= 0.6 is 23.2 Å². The van der Waals surface area contributed by atoms with Crippen molar-refractivity contribution in [3.05, 3.63) is 63.4 Å². The van der Waals surface area contributed by atoms with Gasteiger partial charge in [-0.1, -0.05) is 68.2 Å². The second-order valence-corrected chi connectivity index (χ2v) is 13.3. The molecule has 0 aromatic heterocycles. The van der Waals surface area contributed by atoms with Crippen molar-refractivity contribution >= 4 is 52.5 Å². The van der Waals surface area contributed by atoms with E-state index in [9.17, 15) is 23.6 Å². The average molecular weight is 649 g/mol. The Kier molecular flexibility index (Phi) is 10.9. The van der Waals surface area contributed by atoms with Gasteiger partial charge in [0.1, 0.15) is 12.1 Å². The van der Waals surface area contributed by atoms with Gasteiger partial charge in [-0.05, 0) is 54.0 Å². The van der Waals surface area contributed by atoms with Crippen molar-refractivity contribution < 1.29 is 23.6 Å². The van der Waals surface area contributed by atoms with E-state index in [-0.39, 0.29) is 71.7 Å². The Balaban J connectivity index is 1.46. The van der Waals surface area contributed by atoms with Crippen molar-refractivity contribution in [2.75, 3.05) is 25.0 Å². The summed E-state index contributed by atoms with van der Waals surface area (Å²) in [4.78, 5) is 56.7. The molecule has 3 atom stereocenters. The van der Waals surface area contributed by atoms with Crippen molar-refractivity contribution in [2.45, 2.75) is 71.5 Å². The van der Waals surface area contributed by atoms with Crippen LogP contribution in [0, 0.1) is 17.2 Å². The van der Waals surface area contributed by atoms with Crippen LogP contribution in [0.2, 0.25) is 10.0 Å². The number of anilines is 1. The summed E-state index contributed by atoms with van der Waals surface area (Å²) in [6.07, 6.45) is 1.25. The predicted molar refractivity (Wildman–Crippen MR) is 169 cm³/mol. The lowest BCUT2D eigenvalue weighted by atomic mass is 9.80. The first kappa shape index (κ1) is 33.7. The number of benzene rings is 2. The molecule has 1 fully saturated rings. The summed E-state index contributed by atoms with van der Waals surface area (Å²) in [7, 11) is 0. The number of fused-ring (bicyclic) bond motifs is 1. The van der Waals surface area contributed by atoms with Gasteiger partial charge in [0.05, 0.1) is 15.7 Å². The van der Waals surface area contributed by atoms with E-state index in [2.05, 4.69) is 31.4 Å². The molecular formula is C32H40Cl2FN5O4. The Morgan fingerprint density at radius 1 is 1.05 bits per heavy atom. The lowest BCUT2D eigenvalue weighted by Gasteiger charge is -2.37. The van der Waals surface area contributed by atoms with Crippen molar-refractivity contribution in [1.82, 2.24) is 15.1 Å². The largest absolute Gasteiger partial charge is 0.342 e. The van der Waals surface area contributed by atoms with Gasteiger partial charge in [0.2, 0.25) is 23.6 Å². The third-order valence-corrected chi connectivity index (χ3v) is 9.35. The summed E-state index contributed by atoms with van der Waals surface area (Å²) in [6.45, 7) is 8.11. The van der Waals surface area contributed by atoms with E-state index in [1.807, 2.05) is 29.2 Å². The number of nitrogens with two attached hydrogens (primary N) is 1. The van der Waals surface area contributed by atoms with Gasteiger partial charge in [-0.2, -0.15) is 0 Å². The molecule has 238 valence electrons. The van der Waals surface area contributed by atoms with Crippen LogP contribution in [0.4, 0.5) is 10.1 Å². The molecular weight excluding hydrogens is 608 g/mol. The molecule has 4 N–H and O–H groups in total. The lowest BCUT2D eigenvalue weighted by molar-refractivity contribution is -0.144. The van der Waals surface area contributed by atoms with Crippen molar-refractivity contribution in [3.8, 4) is 0 Å². The Bertz CT molecular complexity index is 1420. The summed E-state index contributed by atoms with van der Waals surface area (Å²) in [6, 6.07) is 8.13. The number of halogens is 3. The van der Waals surface area contributed by atoms with Gasteiger partial charge in [-0.25, -0.2) is 4.39 Å². The molecule has 44 heavy (non-hydrogen) atoms. The molecule has 0 radical (unpaired) electrons. The van der Waals surface area contributed by atoms with Crippen LogP contribution in [-0.2, 0) is 32.1 Å². The first-order valence-electron chi connectivity index (χ1n) is 14.9. The highest BCUT2D eigenvalue weighted by molar-refractivity contribution is 6.42. The summed E-state index contributed by atoms with van der Waals surface area (Å²) >= 11 is 11.7. The number of carbonyl (C=O) groups is 4. The van der Waals surface area contributed by atoms with Crippen LogP contribution in [0.5, 0.6) is 0 Å².